The highest BCUT2D eigenvalue weighted by Gasteiger charge is 2.33. The van der Waals surface area contributed by atoms with E-state index in [1.165, 1.54) is 0 Å². The summed E-state index contributed by atoms with van der Waals surface area (Å²) in [6, 6.07) is 3.74. The van der Waals surface area contributed by atoms with Gasteiger partial charge in [-0.05, 0) is 39.4 Å². The Kier molecular flexibility index (Phi) is 4.83. The van der Waals surface area contributed by atoms with Crippen molar-refractivity contribution in [3.05, 3.63) is 23.9 Å². The summed E-state index contributed by atoms with van der Waals surface area (Å²) in [5, 5.41) is 3.22. The van der Waals surface area contributed by atoms with E-state index in [0.717, 1.165) is 38.4 Å². The lowest BCUT2D eigenvalue weighted by atomic mass is 9.99. The van der Waals surface area contributed by atoms with Crippen LogP contribution < -0.4 is 5.32 Å². The molecule has 1 amide bonds. The molecule has 0 atom stereocenters. The minimum atomic E-state index is 0.0178. The third-order valence-electron chi connectivity index (χ3n) is 4.17. The van der Waals surface area contributed by atoms with Crippen LogP contribution in [0.1, 0.15) is 37.6 Å². The maximum Gasteiger partial charge on any atom is 0.255 e. The Morgan fingerprint density at radius 2 is 2.14 bits per heavy atom. The van der Waals surface area contributed by atoms with Crippen LogP contribution >= 0.6 is 0 Å². The second-order valence-corrected chi connectivity index (χ2v) is 6.32. The quantitative estimate of drug-likeness (QED) is 0.922. The average Bonchev–Trinajstić information content (AvgIpc) is 2.47. The Labute approximate surface area is 127 Å². The van der Waals surface area contributed by atoms with Gasteiger partial charge < -0.3 is 10.2 Å². The van der Waals surface area contributed by atoms with Crippen molar-refractivity contribution < 1.29 is 4.79 Å². The Hall–Kier alpha value is -1.62. The zero-order valence-corrected chi connectivity index (χ0v) is 13.5. The molecule has 21 heavy (non-hydrogen) atoms. The van der Waals surface area contributed by atoms with Crippen molar-refractivity contribution in [1.29, 1.82) is 0 Å². The van der Waals surface area contributed by atoms with Crippen molar-refractivity contribution in [1.82, 2.24) is 14.8 Å². The Morgan fingerprint density at radius 3 is 2.71 bits per heavy atom. The Balaban J connectivity index is 2.03. The summed E-state index contributed by atoms with van der Waals surface area (Å²) in [6.07, 6.45) is 2.73. The lowest BCUT2D eigenvalue weighted by molar-refractivity contribution is 0.0311. The van der Waals surface area contributed by atoms with Crippen molar-refractivity contribution in [3.8, 4) is 0 Å². The van der Waals surface area contributed by atoms with Gasteiger partial charge >= 0.3 is 0 Å². The van der Waals surface area contributed by atoms with Crippen molar-refractivity contribution >= 4 is 11.7 Å². The van der Waals surface area contributed by atoms with Gasteiger partial charge in [-0.3, -0.25) is 9.69 Å². The molecular weight excluding hydrogens is 264 g/mol. The first-order valence-electron chi connectivity index (χ1n) is 7.64. The first-order chi connectivity index (χ1) is 9.94. The number of likely N-dealkylation sites (N-methyl/N-ethyl adjacent to an activating group) is 1. The minimum Gasteiger partial charge on any atom is -0.370 e. The molecule has 1 fully saturated rings. The standard InChI is InChI=1S/C16H26N4O/c1-5-8-17-14-7-6-13(11-18-14)15(21)20-10-9-19(4)16(2,3)12-20/h6-7,11H,5,8-10,12H2,1-4H3,(H,17,18). The van der Waals surface area contributed by atoms with E-state index >= 15 is 0 Å². The minimum absolute atomic E-state index is 0.0178. The molecule has 0 aromatic carbocycles. The number of anilines is 1. The highest BCUT2D eigenvalue weighted by atomic mass is 16.2. The zero-order chi connectivity index (χ0) is 15.5. The van der Waals surface area contributed by atoms with Gasteiger partial charge in [-0.25, -0.2) is 4.98 Å². The van der Waals surface area contributed by atoms with Gasteiger partial charge in [-0.1, -0.05) is 6.92 Å². The summed E-state index contributed by atoms with van der Waals surface area (Å²) >= 11 is 0. The number of pyridine rings is 1. The molecule has 5 nitrogen and oxygen atoms in total. The summed E-state index contributed by atoms with van der Waals surface area (Å²) in [7, 11) is 2.11. The summed E-state index contributed by atoms with van der Waals surface area (Å²) in [4.78, 5) is 21.1. The van der Waals surface area contributed by atoms with Gasteiger partial charge in [0.2, 0.25) is 0 Å². The molecule has 116 valence electrons. The monoisotopic (exact) mass is 290 g/mol. The molecule has 1 saturated heterocycles. The molecule has 0 aliphatic carbocycles. The van der Waals surface area contributed by atoms with E-state index in [1.54, 1.807) is 6.20 Å². The molecule has 5 heteroatoms. The van der Waals surface area contributed by atoms with Crippen LogP contribution in [0.25, 0.3) is 0 Å². The third kappa shape index (κ3) is 3.73. The first kappa shape index (κ1) is 15.8. The topological polar surface area (TPSA) is 48.5 Å². The molecule has 0 saturated carbocycles. The number of amides is 1. The maximum absolute atomic E-state index is 12.6. The number of carbonyl (C=O) groups excluding carboxylic acids is 1. The highest BCUT2D eigenvalue weighted by Crippen LogP contribution is 2.20. The van der Waals surface area contributed by atoms with E-state index in [-0.39, 0.29) is 11.4 Å². The van der Waals surface area contributed by atoms with E-state index in [1.807, 2.05) is 17.0 Å². The van der Waals surface area contributed by atoms with Gasteiger partial charge in [0.05, 0.1) is 5.56 Å². The van der Waals surface area contributed by atoms with Crippen LogP contribution in [0.4, 0.5) is 5.82 Å². The van der Waals surface area contributed by atoms with Crippen molar-refractivity contribution in [2.24, 2.45) is 0 Å². The van der Waals surface area contributed by atoms with Crippen molar-refractivity contribution in [2.75, 3.05) is 38.5 Å². The van der Waals surface area contributed by atoms with Crippen LogP contribution in [0.5, 0.6) is 0 Å². The fraction of sp³-hybridized carbons (Fsp3) is 0.625. The van der Waals surface area contributed by atoms with Crippen LogP contribution in [0, 0.1) is 0 Å². The molecule has 2 rings (SSSR count). The zero-order valence-electron chi connectivity index (χ0n) is 13.5. The van der Waals surface area contributed by atoms with E-state index in [4.69, 9.17) is 0 Å². The lowest BCUT2D eigenvalue weighted by Crippen LogP contribution is -2.58. The number of hydrogen-bond acceptors (Lipinski definition) is 4. The molecule has 0 unspecified atom stereocenters. The first-order valence-corrected chi connectivity index (χ1v) is 7.64. The molecule has 1 aromatic rings. The molecule has 1 aliphatic heterocycles. The summed E-state index contributed by atoms with van der Waals surface area (Å²) in [6.45, 7) is 9.77. The number of hydrogen-bond donors (Lipinski definition) is 1. The van der Waals surface area contributed by atoms with Crippen molar-refractivity contribution in [2.45, 2.75) is 32.7 Å². The summed E-state index contributed by atoms with van der Waals surface area (Å²) < 4.78 is 0. The normalized spacial score (nSPS) is 18.6. The lowest BCUT2D eigenvalue weighted by Gasteiger charge is -2.45. The fourth-order valence-electron chi connectivity index (χ4n) is 2.47. The number of rotatable bonds is 4. The Bertz CT molecular complexity index is 484. The number of carbonyl (C=O) groups is 1. The number of nitrogens with one attached hydrogen (secondary N) is 1. The van der Waals surface area contributed by atoms with E-state index in [2.05, 4.69) is 43.0 Å². The average molecular weight is 290 g/mol. The largest absolute Gasteiger partial charge is 0.370 e. The van der Waals surface area contributed by atoms with Gasteiger partial charge in [0, 0.05) is 37.9 Å². The predicted octanol–water partition coefficient (Wildman–Crippen LogP) is 2.07. The smallest absolute Gasteiger partial charge is 0.255 e. The van der Waals surface area contributed by atoms with Gasteiger partial charge in [0.1, 0.15) is 5.82 Å². The summed E-state index contributed by atoms with van der Waals surface area (Å²) in [5.74, 6) is 0.901. The van der Waals surface area contributed by atoms with Crippen LogP contribution in [-0.2, 0) is 0 Å². The van der Waals surface area contributed by atoms with Crippen LogP contribution in [0.2, 0.25) is 0 Å². The third-order valence-corrected chi connectivity index (χ3v) is 4.17. The molecule has 1 aliphatic rings. The predicted molar refractivity (Wildman–Crippen MR) is 85.6 cm³/mol. The molecule has 0 radical (unpaired) electrons. The SMILES string of the molecule is CCCNc1ccc(C(=O)N2CCN(C)C(C)(C)C2)cn1. The van der Waals surface area contributed by atoms with E-state index in [9.17, 15) is 4.79 Å². The van der Waals surface area contributed by atoms with Gasteiger partial charge in [0.15, 0.2) is 0 Å². The molecular formula is C16H26N4O. The summed E-state index contributed by atoms with van der Waals surface area (Å²) in [5.41, 5.74) is 0.682. The van der Waals surface area contributed by atoms with Crippen LogP contribution in [0.3, 0.4) is 0 Å². The fourth-order valence-corrected chi connectivity index (χ4v) is 2.47. The second kappa shape index (κ2) is 6.43. The number of aromatic nitrogens is 1. The van der Waals surface area contributed by atoms with E-state index in [0.29, 0.717) is 5.56 Å². The van der Waals surface area contributed by atoms with E-state index < -0.39 is 0 Å². The van der Waals surface area contributed by atoms with Crippen LogP contribution in [0.15, 0.2) is 18.3 Å². The maximum atomic E-state index is 12.6. The number of nitrogens with zero attached hydrogens (tertiary/aromatic N) is 3. The Morgan fingerprint density at radius 1 is 1.38 bits per heavy atom. The van der Waals surface area contributed by atoms with Gasteiger partial charge in [0.25, 0.3) is 5.91 Å². The molecule has 0 bridgehead atoms. The second-order valence-electron chi connectivity index (χ2n) is 6.32. The highest BCUT2D eigenvalue weighted by molar-refractivity contribution is 5.94. The van der Waals surface area contributed by atoms with Gasteiger partial charge in [-0.15, -0.1) is 0 Å². The molecule has 2 heterocycles. The number of piperazine rings is 1. The molecule has 1 aromatic heterocycles. The molecule has 1 N–H and O–H groups in total. The molecule has 0 spiro atoms. The van der Waals surface area contributed by atoms with Crippen molar-refractivity contribution in [3.63, 3.8) is 0 Å². The van der Waals surface area contributed by atoms with Gasteiger partial charge in [-0.2, -0.15) is 0 Å². The van der Waals surface area contributed by atoms with Crippen LogP contribution in [-0.4, -0.2) is 59.5 Å².